The molecule has 3 aliphatic heterocycles. The number of ether oxygens (including phenoxy) is 5. The van der Waals surface area contributed by atoms with Crippen molar-refractivity contribution in [3.8, 4) is 0 Å². The summed E-state index contributed by atoms with van der Waals surface area (Å²) in [7, 11) is 4.67. The number of halogens is 4. The smallest absolute Gasteiger partial charge is 0.416 e. The van der Waals surface area contributed by atoms with Gasteiger partial charge in [-0.2, -0.15) is 60.2 Å². The van der Waals surface area contributed by atoms with Crippen LogP contribution in [-0.2, 0) is 114 Å². The highest BCUT2D eigenvalue weighted by Gasteiger charge is 2.42. The summed E-state index contributed by atoms with van der Waals surface area (Å²) in [5, 5.41) is 107. The second-order valence-corrected chi connectivity index (χ2v) is 42.5. The van der Waals surface area contributed by atoms with Crippen LogP contribution in [0.4, 0.5) is 22.8 Å². The van der Waals surface area contributed by atoms with Gasteiger partial charge in [0.15, 0.2) is 0 Å². The van der Waals surface area contributed by atoms with Crippen LogP contribution in [0.15, 0.2) is 170 Å². The monoisotopic (exact) mass is 2140 g/mol. The molecule has 0 radical (unpaired) electrons. The number of carboxylic acid groups (broad SMARTS) is 4. The van der Waals surface area contributed by atoms with Crippen LogP contribution in [0.5, 0.6) is 0 Å². The second-order valence-electron chi connectivity index (χ2n) is 36.0. The molecule has 11 N–H and O–H groups in total. The number of nitrogens with zero attached hydrogens (tertiary/aromatic N) is 3. The second kappa shape index (κ2) is 70.3. The van der Waals surface area contributed by atoms with Crippen LogP contribution in [-0.4, -0.2) is 302 Å². The van der Waals surface area contributed by atoms with E-state index in [1.54, 1.807) is 108 Å². The zero-order chi connectivity index (χ0) is 106. The normalized spacial score (nSPS) is 19.9. The molecule has 0 aromatic heterocycles. The summed E-state index contributed by atoms with van der Waals surface area (Å²) in [6.07, 6.45) is 16.1. The van der Waals surface area contributed by atoms with Crippen molar-refractivity contribution in [2.75, 3.05) is 106 Å². The summed E-state index contributed by atoms with van der Waals surface area (Å²) in [5.41, 5.74) is 6.99. The first-order valence-electron chi connectivity index (χ1n) is 49.1. The van der Waals surface area contributed by atoms with E-state index in [1.807, 2.05) is 115 Å². The van der Waals surface area contributed by atoms with Gasteiger partial charge in [-0.25, -0.2) is 9.59 Å². The molecule has 2 saturated carbocycles. The molecule has 2 aliphatic carbocycles. The number of methoxy groups -OCH3 is 3. The number of esters is 1. The number of rotatable bonds is 60. The molecule has 145 heavy (non-hydrogen) atoms. The molecule has 10 rings (SSSR count). The van der Waals surface area contributed by atoms with Gasteiger partial charge in [0.1, 0.15) is 24.8 Å². The van der Waals surface area contributed by atoms with Crippen LogP contribution in [0.25, 0.3) is 0 Å². The fourth-order valence-corrected chi connectivity index (χ4v) is 22.0. The van der Waals surface area contributed by atoms with E-state index in [1.165, 1.54) is 36.7 Å². The molecule has 802 valence electrons. The summed E-state index contributed by atoms with van der Waals surface area (Å²) >= 11 is 13.8. The van der Waals surface area contributed by atoms with Crippen molar-refractivity contribution >= 4 is 130 Å². The number of carboxylic acids is 4. The Kier molecular flexibility index (Phi) is 60.5. The number of hydrogen-bond donors (Lipinski definition) is 11. The van der Waals surface area contributed by atoms with Crippen LogP contribution in [0.1, 0.15) is 172 Å². The van der Waals surface area contributed by atoms with Gasteiger partial charge in [0.05, 0.1) is 91.7 Å². The lowest BCUT2D eigenvalue weighted by atomic mass is 9.91. The van der Waals surface area contributed by atoms with Crippen molar-refractivity contribution in [1.82, 2.24) is 14.7 Å². The van der Waals surface area contributed by atoms with Crippen LogP contribution in [0, 0.1) is 24.7 Å². The molecule has 0 unspecified atom stereocenters. The number of thioether (sulfide) groups is 5. The molecule has 38 heteroatoms. The van der Waals surface area contributed by atoms with Gasteiger partial charge in [-0.05, 0) is 169 Å². The summed E-state index contributed by atoms with van der Waals surface area (Å²) in [4.78, 5) is 119. The molecule has 14 atom stereocenters. The van der Waals surface area contributed by atoms with Gasteiger partial charge in [-0.1, -0.05) is 182 Å². The molecule has 3 saturated heterocycles. The van der Waals surface area contributed by atoms with E-state index in [4.69, 9.17) is 51.0 Å². The van der Waals surface area contributed by atoms with Crippen LogP contribution >= 0.6 is 70.4 Å². The largest absolute Gasteiger partial charge is 0.481 e. The summed E-state index contributed by atoms with van der Waals surface area (Å²) in [6.45, 7) is 5.31. The highest BCUT2D eigenvalue weighted by molar-refractivity contribution is 8.01. The van der Waals surface area contributed by atoms with E-state index in [-0.39, 0.29) is 134 Å². The van der Waals surface area contributed by atoms with Gasteiger partial charge in [0, 0.05) is 145 Å². The van der Waals surface area contributed by atoms with Gasteiger partial charge < -0.3 is 84.8 Å². The Morgan fingerprint density at radius 2 is 0.931 bits per heavy atom. The summed E-state index contributed by atoms with van der Waals surface area (Å²) < 4.78 is 63.6. The first-order chi connectivity index (χ1) is 69.4. The standard InChI is InChI=1S/C24H34O6S.C22H30F3NO4.C22H30O6S2.C20H27NO5S.C19H24ClNO5S/c1-29-16-18-6-3-5-17(13-18)14-19(25)8-9-20-21(23(27)15-22(20)26)10-12-31-11-4-7-24(28)30-2;23-22(24,25)17-7-5-6-16(14-17)15-19(27)11-9-18-10-12-20(28)26(18)13-4-2-1-3-8-21(29)30;1-28-13-16-5-2-4-15(10-16)11-17(23)6-7-18-19(24)12-20(25)22(18)30-9-3-8-29-14-21(26)27;1-15-4-2-5-16(12-15)13-18(22)8-7-17-14-26-20(25)21(17)9-11-27-10-3-6-19(23)24;20-15-4-1-3-14(11-15)12-17(22)7-6-16-13-26-19(25)21(16)8-10-27-9-2-5-18(23)24/h3,5-6,8-9,13,19-22,25-26H,4,7,10-12,14-16H2,1-2H3;5-7,14,18-19,27H,1-4,8-13,15H2,(H,29,30);2,4-7,10,17-19,22-24H,3,8-9,11-14H2,1H3,(H,26,27);2,4-5,7-8,12,17-18,22H,3,6,9-11,13-14H2,1H3,(H,23,24);1,3-4,6-7,11,16-17,22H,2,5,8-10,12-13H2,(H,23,24)/b9-8+;;7-6+;8-7+;7-6+/t19-,20-,21-,22-;18-,19+;17-,18+,19-,22-;17-,18+;16-,17+/m10100/s1. The zero-order valence-electron chi connectivity index (χ0n) is 83.0. The molecule has 5 aromatic carbocycles. The molecule has 0 spiro atoms. The number of unbranched alkanes of at least 4 members (excludes halogenated alkanes) is 3. The Bertz CT molecular complexity index is 4770. The third kappa shape index (κ3) is 51.3. The third-order valence-corrected chi connectivity index (χ3v) is 30.1. The van der Waals surface area contributed by atoms with Gasteiger partial charge >= 0.3 is 48.2 Å². The maximum absolute atomic E-state index is 12.8. The fraction of sp³-hybridized carbons (Fsp3) is 0.551. The third-order valence-electron chi connectivity index (χ3n) is 24.1. The number of likely N-dealkylation sites (tertiary alicyclic amines) is 1. The first kappa shape index (κ1) is 125. The Hall–Kier alpha value is -8.77. The average molecular weight is 2140 g/mol. The van der Waals surface area contributed by atoms with Gasteiger partial charge in [0.2, 0.25) is 5.91 Å². The SMILES string of the molecule is COCc1cccc(C[C@H](O)/C=C/[C@H]2[C@H](O)CC(=O)[C@@H]2CCSCCCC(=O)OC)c1.COCc1cccc(C[C@H](O)/C=C/[C@H]2[C@H](O)CC(=O)[C@@H]2SCCCSCC(=O)O)c1.Cc1cccc(C[C@H](O)/C=C/[C@H]2COC(=O)N2CCSCCCC(=O)O)c1.O=C(O)CCCCCCN1C(=O)CC[C@@H]1CC[C@@H](O)Cc1cccc(C(F)(F)F)c1.O=C(O)CCCSCCN1C(=O)OC[C@@H]1/C=C/[C@@H](O)Cc1cccc(Cl)c1. The van der Waals surface area contributed by atoms with E-state index >= 15 is 0 Å². The number of aliphatic carboxylic acids is 4. The molecule has 3 amide bonds. The number of carbonyl (C=O) groups excluding carboxylic acids is 6. The predicted molar refractivity (Wildman–Crippen MR) is 561 cm³/mol. The van der Waals surface area contributed by atoms with Gasteiger partial charge in [-0.3, -0.25) is 48.2 Å². The van der Waals surface area contributed by atoms with Crippen molar-refractivity contribution in [3.05, 3.63) is 225 Å². The Morgan fingerprint density at radius 1 is 0.476 bits per heavy atom. The predicted octanol–water partition coefficient (Wildman–Crippen LogP) is 16.0. The van der Waals surface area contributed by atoms with Crippen LogP contribution in [0.2, 0.25) is 5.02 Å². The minimum absolute atomic E-state index is 0.0297. The van der Waals surface area contributed by atoms with Crippen molar-refractivity contribution in [2.45, 2.75) is 247 Å². The lowest BCUT2D eigenvalue weighted by Crippen LogP contribution is -2.34. The Morgan fingerprint density at radius 3 is 1.45 bits per heavy atom. The number of hydrogen-bond acceptors (Lipinski definition) is 27. The minimum atomic E-state index is -4.40. The maximum atomic E-state index is 12.8. The lowest BCUT2D eigenvalue weighted by molar-refractivity contribution is -0.141. The first-order valence-corrected chi connectivity index (χ1v) is 55.1. The van der Waals surface area contributed by atoms with E-state index in [0.29, 0.717) is 126 Å². The number of carbonyl (C=O) groups is 10. The average Bonchev–Trinajstić information content (AvgIpc) is 1.70. The molecule has 5 fully saturated rings. The zero-order valence-corrected chi connectivity index (χ0v) is 87.8. The number of Topliss-reactive ketones (excluding diaryl/α,β-unsaturated/α-hetero) is 2. The number of benzene rings is 5. The number of aryl methyl sites for hydroxylation is 1. The van der Waals surface area contributed by atoms with E-state index < -0.39 is 78.3 Å². The molecular formula is C107H145ClF3N3O26S5. The molecule has 29 nitrogen and oxygen atoms in total. The summed E-state index contributed by atoms with van der Waals surface area (Å²) in [6, 6.07) is 35.8. The number of ketones is 2. The molecular weight excluding hydrogens is 2000 g/mol. The van der Waals surface area contributed by atoms with Gasteiger partial charge in [0.25, 0.3) is 0 Å². The molecule has 5 aliphatic rings. The molecule has 3 heterocycles. The van der Waals surface area contributed by atoms with Crippen molar-refractivity contribution in [3.63, 3.8) is 0 Å². The number of aliphatic hydroxyl groups excluding tert-OH is 7. The maximum Gasteiger partial charge on any atom is 0.416 e. The highest BCUT2D eigenvalue weighted by atomic mass is 35.5. The number of aliphatic hydroxyl groups is 7. The highest BCUT2D eigenvalue weighted by Crippen LogP contribution is 2.38. The van der Waals surface area contributed by atoms with Crippen molar-refractivity contribution < 1.29 is 141 Å². The number of cyclic esters (lactones) is 2. The van der Waals surface area contributed by atoms with Crippen molar-refractivity contribution in [1.29, 1.82) is 0 Å². The lowest BCUT2D eigenvalue weighted by Gasteiger charge is -2.26. The quantitative estimate of drug-likeness (QED) is 0.00745. The van der Waals surface area contributed by atoms with Crippen LogP contribution < -0.4 is 0 Å². The molecule has 5 aromatic rings. The number of amides is 3. The minimum Gasteiger partial charge on any atom is -0.481 e. The topological polar surface area (TPSA) is 449 Å². The van der Waals surface area contributed by atoms with E-state index in [9.17, 15) is 96.9 Å². The number of alkyl halides is 3. The fourth-order valence-electron chi connectivity index (χ4n) is 16.8. The van der Waals surface area contributed by atoms with E-state index in [2.05, 4.69) is 4.74 Å². The summed E-state index contributed by atoms with van der Waals surface area (Å²) in [5.74, 6) is 2.11. The van der Waals surface area contributed by atoms with E-state index in [0.717, 1.165) is 130 Å². The van der Waals surface area contributed by atoms with Gasteiger partial charge in [-0.15, -0.1) is 11.8 Å². The Balaban J connectivity index is 0.000000277. The molecule has 0 bridgehead atoms. The van der Waals surface area contributed by atoms with Crippen molar-refractivity contribution in [2.24, 2.45) is 17.8 Å². The van der Waals surface area contributed by atoms with Crippen LogP contribution in [0.3, 0.4) is 0 Å². The Labute approximate surface area is 875 Å².